The van der Waals surface area contributed by atoms with E-state index < -0.39 is 0 Å². The minimum absolute atomic E-state index is 0.0576. The summed E-state index contributed by atoms with van der Waals surface area (Å²) in [5, 5.41) is 8.78. The number of hydrogen-bond acceptors (Lipinski definition) is 3. The summed E-state index contributed by atoms with van der Waals surface area (Å²) in [7, 11) is 0. The van der Waals surface area contributed by atoms with Gasteiger partial charge in [0.2, 0.25) is 0 Å². The van der Waals surface area contributed by atoms with Crippen LogP contribution in [0.4, 0.5) is 0 Å². The van der Waals surface area contributed by atoms with E-state index in [9.17, 15) is 4.79 Å². The average molecular weight is 279 g/mol. The minimum Gasteiger partial charge on any atom is -0.333 e. The maximum absolute atomic E-state index is 12.6. The van der Waals surface area contributed by atoms with Gasteiger partial charge in [-0.1, -0.05) is 23.8 Å². The predicted molar refractivity (Wildman–Crippen MR) is 80.4 cm³/mol. The molecule has 0 saturated heterocycles. The van der Waals surface area contributed by atoms with Gasteiger partial charge in [0.05, 0.1) is 12.5 Å². The van der Waals surface area contributed by atoms with Crippen LogP contribution in [0.5, 0.6) is 0 Å². The number of nitriles is 1. The van der Waals surface area contributed by atoms with Crippen LogP contribution in [0.2, 0.25) is 0 Å². The number of amides is 1. The van der Waals surface area contributed by atoms with E-state index in [-0.39, 0.29) is 5.91 Å². The van der Waals surface area contributed by atoms with Gasteiger partial charge in [-0.15, -0.1) is 0 Å². The molecule has 1 amide bonds. The standard InChI is InChI=1S/C17H17N3O/c1-14-5-2-7-16(11-14)17(21)20(10-4-8-18)13-15-6-3-9-19-12-15/h2-3,5-7,9,11-12H,4,10,13H2,1H3. The van der Waals surface area contributed by atoms with Gasteiger partial charge in [0, 0.05) is 31.0 Å². The van der Waals surface area contributed by atoms with Gasteiger partial charge >= 0.3 is 0 Å². The molecule has 21 heavy (non-hydrogen) atoms. The highest BCUT2D eigenvalue weighted by atomic mass is 16.2. The Hall–Kier alpha value is -2.67. The molecule has 0 fully saturated rings. The lowest BCUT2D eigenvalue weighted by Crippen LogP contribution is -2.31. The number of carbonyl (C=O) groups excluding carboxylic acids is 1. The van der Waals surface area contributed by atoms with Crippen LogP contribution in [0.3, 0.4) is 0 Å². The molecule has 0 bridgehead atoms. The zero-order valence-corrected chi connectivity index (χ0v) is 12.0. The number of pyridine rings is 1. The molecule has 0 aliphatic carbocycles. The van der Waals surface area contributed by atoms with Crippen LogP contribution in [-0.4, -0.2) is 22.3 Å². The van der Waals surface area contributed by atoms with Crippen molar-refractivity contribution in [3.8, 4) is 6.07 Å². The fraction of sp³-hybridized carbons (Fsp3) is 0.235. The van der Waals surface area contributed by atoms with Crippen LogP contribution in [0, 0.1) is 18.3 Å². The van der Waals surface area contributed by atoms with Crippen molar-refractivity contribution in [2.75, 3.05) is 6.54 Å². The Kier molecular flexibility index (Phi) is 5.05. The Morgan fingerprint density at radius 1 is 1.33 bits per heavy atom. The topological polar surface area (TPSA) is 57.0 Å². The number of nitrogens with zero attached hydrogens (tertiary/aromatic N) is 3. The second-order valence-corrected chi connectivity index (χ2v) is 4.87. The van der Waals surface area contributed by atoms with Crippen molar-refractivity contribution < 1.29 is 4.79 Å². The molecule has 0 unspecified atom stereocenters. The summed E-state index contributed by atoms with van der Waals surface area (Å²) in [6.45, 7) is 2.83. The van der Waals surface area contributed by atoms with Crippen molar-refractivity contribution >= 4 is 5.91 Å². The molecule has 106 valence electrons. The highest BCUT2D eigenvalue weighted by molar-refractivity contribution is 5.94. The first-order valence-electron chi connectivity index (χ1n) is 6.82. The minimum atomic E-state index is -0.0576. The highest BCUT2D eigenvalue weighted by Crippen LogP contribution is 2.11. The number of aromatic nitrogens is 1. The molecule has 0 N–H and O–H groups in total. The van der Waals surface area contributed by atoms with Gasteiger partial charge in [0.15, 0.2) is 0 Å². The van der Waals surface area contributed by atoms with Crippen LogP contribution in [-0.2, 0) is 6.54 Å². The van der Waals surface area contributed by atoms with Crippen LogP contribution in [0.15, 0.2) is 48.8 Å². The molecule has 0 atom stereocenters. The first-order chi connectivity index (χ1) is 10.2. The van der Waals surface area contributed by atoms with Crippen LogP contribution >= 0.6 is 0 Å². The van der Waals surface area contributed by atoms with Gasteiger partial charge in [0.25, 0.3) is 5.91 Å². The quantitative estimate of drug-likeness (QED) is 0.845. The first kappa shape index (κ1) is 14.7. The molecular weight excluding hydrogens is 262 g/mol. The lowest BCUT2D eigenvalue weighted by Gasteiger charge is -2.22. The molecule has 1 aromatic heterocycles. The van der Waals surface area contributed by atoms with Crippen LogP contribution in [0.1, 0.15) is 27.9 Å². The second-order valence-electron chi connectivity index (χ2n) is 4.87. The molecule has 4 nitrogen and oxygen atoms in total. The van der Waals surface area contributed by atoms with Gasteiger partial charge in [-0.3, -0.25) is 9.78 Å². The van der Waals surface area contributed by atoms with E-state index >= 15 is 0 Å². The van der Waals surface area contributed by atoms with Crippen molar-refractivity contribution in [1.29, 1.82) is 5.26 Å². The Morgan fingerprint density at radius 3 is 2.86 bits per heavy atom. The Morgan fingerprint density at radius 2 is 2.19 bits per heavy atom. The first-order valence-corrected chi connectivity index (χ1v) is 6.82. The lowest BCUT2D eigenvalue weighted by molar-refractivity contribution is 0.0746. The van der Waals surface area contributed by atoms with E-state index in [1.54, 1.807) is 23.4 Å². The lowest BCUT2D eigenvalue weighted by atomic mass is 10.1. The van der Waals surface area contributed by atoms with Crippen molar-refractivity contribution in [1.82, 2.24) is 9.88 Å². The average Bonchev–Trinajstić information content (AvgIpc) is 2.51. The Bertz CT molecular complexity index is 647. The molecule has 1 aromatic carbocycles. The molecule has 1 heterocycles. The van der Waals surface area contributed by atoms with Crippen LogP contribution in [0.25, 0.3) is 0 Å². The summed E-state index contributed by atoms with van der Waals surface area (Å²) in [5.41, 5.74) is 2.65. The number of rotatable bonds is 5. The van der Waals surface area contributed by atoms with E-state index in [1.165, 1.54) is 0 Å². The third kappa shape index (κ3) is 4.15. The van der Waals surface area contributed by atoms with Gasteiger partial charge in [-0.05, 0) is 30.7 Å². The zero-order valence-electron chi connectivity index (χ0n) is 12.0. The summed E-state index contributed by atoms with van der Waals surface area (Å²) in [6, 6.07) is 13.4. The molecule has 0 aliphatic rings. The van der Waals surface area contributed by atoms with Crippen molar-refractivity contribution in [3.63, 3.8) is 0 Å². The highest BCUT2D eigenvalue weighted by Gasteiger charge is 2.16. The van der Waals surface area contributed by atoms with E-state index in [2.05, 4.69) is 11.1 Å². The molecule has 2 rings (SSSR count). The van der Waals surface area contributed by atoms with E-state index in [0.717, 1.165) is 11.1 Å². The summed E-state index contributed by atoms with van der Waals surface area (Å²) >= 11 is 0. The third-order valence-electron chi connectivity index (χ3n) is 3.14. The molecule has 2 aromatic rings. The third-order valence-corrected chi connectivity index (χ3v) is 3.14. The Labute approximate surface area is 124 Å². The molecule has 0 saturated carbocycles. The number of carbonyl (C=O) groups is 1. The predicted octanol–water partition coefficient (Wildman–Crippen LogP) is 2.95. The largest absolute Gasteiger partial charge is 0.333 e. The van der Waals surface area contributed by atoms with Crippen molar-refractivity contribution in [2.45, 2.75) is 19.9 Å². The van der Waals surface area contributed by atoms with Gasteiger partial charge in [-0.2, -0.15) is 5.26 Å². The molecule has 0 radical (unpaired) electrons. The van der Waals surface area contributed by atoms with Gasteiger partial charge in [0.1, 0.15) is 0 Å². The zero-order chi connectivity index (χ0) is 15.1. The van der Waals surface area contributed by atoms with Crippen molar-refractivity contribution in [3.05, 3.63) is 65.5 Å². The smallest absolute Gasteiger partial charge is 0.254 e. The normalized spacial score (nSPS) is 9.90. The van der Waals surface area contributed by atoms with Gasteiger partial charge < -0.3 is 4.90 Å². The number of aryl methyl sites for hydroxylation is 1. The summed E-state index contributed by atoms with van der Waals surface area (Å²) < 4.78 is 0. The SMILES string of the molecule is Cc1cccc(C(=O)N(CCC#N)Cc2cccnc2)c1. The number of hydrogen-bond donors (Lipinski definition) is 0. The maximum Gasteiger partial charge on any atom is 0.254 e. The monoisotopic (exact) mass is 279 g/mol. The molecule has 4 heteroatoms. The summed E-state index contributed by atoms with van der Waals surface area (Å²) in [5.74, 6) is -0.0576. The maximum atomic E-state index is 12.6. The van der Waals surface area contributed by atoms with Crippen LogP contribution < -0.4 is 0 Å². The molecule has 0 spiro atoms. The summed E-state index contributed by atoms with van der Waals surface area (Å²) in [6.07, 6.45) is 3.76. The molecular formula is C17H17N3O. The molecule has 0 aliphatic heterocycles. The fourth-order valence-corrected chi connectivity index (χ4v) is 2.11. The van der Waals surface area contributed by atoms with E-state index in [4.69, 9.17) is 5.26 Å². The second kappa shape index (κ2) is 7.20. The fourth-order valence-electron chi connectivity index (χ4n) is 2.11. The van der Waals surface area contributed by atoms with Gasteiger partial charge in [-0.25, -0.2) is 0 Å². The Balaban J connectivity index is 2.19. The number of benzene rings is 1. The summed E-state index contributed by atoms with van der Waals surface area (Å²) in [4.78, 5) is 18.4. The van der Waals surface area contributed by atoms with Crippen molar-refractivity contribution in [2.24, 2.45) is 0 Å². The van der Waals surface area contributed by atoms with E-state index in [1.807, 2.05) is 37.3 Å². The van der Waals surface area contributed by atoms with E-state index in [0.29, 0.717) is 25.1 Å².